The zero-order chi connectivity index (χ0) is 26.1. The molecular formula is C23H24F3N7O2S2. The SMILES string of the molecule is C[C@H]1CC(c2ncnc3c2c2cc(F)c(S(=O)(=O)NC4(C)CC4)cc2n3-c2nnc(C(F)F)s2)CCN1. The molecule has 4 aromatic rings. The number of alkyl halides is 2. The molecule has 3 aromatic heterocycles. The number of aromatic nitrogens is 5. The minimum atomic E-state index is -4.20. The average molecular weight is 552 g/mol. The number of benzene rings is 1. The van der Waals surface area contributed by atoms with Crippen molar-refractivity contribution in [2.75, 3.05) is 6.54 Å². The largest absolute Gasteiger partial charge is 0.314 e. The van der Waals surface area contributed by atoms with Crippen LogP contribution in [0.2, 0.25) is 0 Å². The summed E-state index contributed by atoms with van der Waals surface area (Å²) in [5, 5.41) is 11.5. The van der Waals surface area contributed by atoms with Gasteiger partial charge in [0.2, 0.25) is 15.2 Å². The lowest BCUT2D eigenvalue weighted by molar-refractivity contribution is 0.150. The number of nitrogens with zero attached hydrogens (tertiary/aromatic N) is 5. The van der Waals surface area contributed by atoms with Gasteiger partial charge in [-0.25, -0.2) is 36.3 Å². The standard InChI is InChI=1S/C23H24F3N7O2S2/c1-11-7-12(3-6-27-11)18-17-13-8-14(24)16(37(34,35)32-23(2)4-5-23)9-15(13)33(20(17)29-10-28-18)22-31-30-21(36-22)19(25)26/h8-12,19,27,32H,3-7H2,1-2H3/t11-,12?/m0/s1. The molecular weight excluding hydrogens is 527 g/mol. The monoisotopic (exact) mass is 551 g/mol. The van der Waals surface area contributed by atoms with Gasteiger partial charge < -0.3 is 5.32 Å². The van der Waals surface area contributed by atoms with Crippen molar-refractivity contribution in [1.82, 2.24) is 34.8 Å². The van der Waals surface area contributed by atoms with Crippen LogP contribution in [0, 0.1) is 5.82 Å². The van der Waals surface area contributed by atoms with Gasteiger partial charge >= 0.3 is 0 Å². The van der Waals surface area contributed by atoms with Crippen molar-refractivity contribution in [3.8, 4) is 5.13 Å². The van der Waals surface area contributed by atoms with E-state index >= 15 is 4.39 Å². The molecule has 0 amide bonds. The van der Waals surface area contributed by atoms with E-state index in [1.165, 1.54) is 23.0 Å². The summed E-state index contributed by atoms with van der Waals surface area (Å²) < 4.78 is 72.5. The van der Waals surface area contributed by atoms with Crippen LogP contribution in [0.15, 0.2) is 23.4 Å². The first-order chi connectivity index (χ1) is 17.6. The number of hydrogen-bond donors (Lipinski definition) is 2. The maximum absolute atomic E-state index is 15.5. The summed E-state index contributed by atoms with van der Waals surface area (Å²) in [6, 6.07) is 2.64. The molecule has 1 aliphatic carbocycles. The summed E-state index contributed by atoms with van der Waals surface area (Å²) in [5.74, 6) is -0.864. The molecule has 2 atom stereocenters. The Bertz CT molecular complexity index is 1630. The fourth-order valence-corrected chi connectivity index (χ4v) is 7.28. The predicted molar refractivity (Wildman–Crippen MR) is 132 cm³/mol. The van der Waals surface area contributed by atoms with Gasteiger partial charge in [-0.15, -0.1) is 10.2 Å². The second-order valence-corrected chi connectivity index (χ2v) is 12.7. The van der Waals surface area contributed by atoms with Crippen LogP contribution in [0.1, 0.15) is 62.6 Å². The molecule has 37 heavy (non-hydrogen) atoms. The van der Waals surface area contributed by atoms with Gasteiger partial charge in [0.15, 0.2) is 10.7 Å². The smallest absolute Gasteiger partial charge is 0.291 e. The van der Waals surface area contributed by atoms with Gasteiger partial charge in [-0.05, 0) is 58.2 Å². The van der Waals surface area contributed by atoms with Crippen molar-refractivity contribution in [2.45, 2.75) is 68.4 Å². The summed E-state index contributed by atoms with van der Waals surface area (Å²) in [4.78, 5) is 8.44. The third kappa shape index (κ3) is 4.29. The van der Waals surface area contributed by atoms with Crippen LogP contribution in [0.3, 0.4) is 0 Å². The fraction of sp³-hybridized carbons (Fsp3) is 0.478. The number of rotatable bonds is 6. The van der Waals surface area contributed by atoms with Crippen LogP contribution in [-0.4, -0.2) is 51.3 Å². The zero-order valence-corrected chi connectivity index (χ0v) is 21.6. The number of hydrogen-bond acceptors (Lipinski definition) is 8. The number of fused-ring (bicyclic) bond motifs is 3. The molecule has 1 aliphatic heterocycles. The van der Waals surface area contributed by atoms with Crippen LogP contribution in [-0.2, 0) is 10.0 Å². The first kappa shape index (κ1) is 24.6. The van der Waals surface area contributed by atoms with Gasteiger partial charge in [-0.2, -0.15) is 0 Å². The highest BCUT2D eigenvalue weighted by atomic mass is 32.2. The number of piperidine rings is 1. The normalized spacial score (nSPS) is 21.8. The molecule has 4 heterocycles. The first-order valence-electron chi connectivity index (χ1n) is 11.9. The summed E-state index contributed by atoms with van der Waals surface area (Å²) >= 11 is 0.669. The maximum Gasteiger partial charge on any atom is 0.291 e. The van der Waals surface area contributed by atoms with Gasteiger partial charge in [0.1, 0.15) is 17.0 Å². The molecule has 6 rings (SSSR count). The fourth-order valence-electron chi connectivity index (χ4n) is 5.02. The number of sulfonamides is 1. The van der Waals surface area contributed by atoms with Gasteiger partial charge in [-0.1, -0.05) is 11.3 Å². The van der Waals surface area contributed by atoms with Crippen molar-refractivity contribution >= 4 is 43.3 Å². The van der Waals surface area contributed by atoms with Crippen LogP contribution in [0.25, 0.3) is 27.1 Å². The Morgan fingerprint density at radius 3 is 2.70 bits per heavy atom. The van der Waals surface area contributed by atoms with Crippen molar-refractivity contribution in [3.05, 3.63) is 35.0 Å². The third-order valence-electron chi connectivity index (χ3n) is 7.12. The van der Waals surface area contributed by atoms with Crippen LogP contribution in [0.5, 0.6) is 0 Å². The van der Waals surface area contributed by atoms with Crippen molar-refractivity contribution in [3.63, 3.8) is 0 Å². The summed E-state index contributed by atoms with van der Waals surface area (Å²) in [6.07, 6.45) is 1.48. The Morgan fingerprint density at radius 2 is 2.03 bits per heavy atom. The molecule has 9 nitrogen and oxygen atoms in total. The van der Waals surface area contributed by atoms with Crippen LogP contribution < -0.4 is 10.0 Å². The molecule has 0 bridgehead atoms. The highest BCUT2D eigenvalue weighted by Gasteiger charge is 2.42. The topological polar surface area (TPSA) is 115 Å². The molecule has 1 unspecified atom stereocenters. The highest BCUT2D eigenvalue weighted by molar-refractivity contribution is 7.89. The minimum absolute atomic E-state index is 0.0507. The van der Waals surface area contributed by atoms with E-state index in [9.17, 15) is 17.2 Å². The summed E-state index contributed by atoms with van der Waals surface area (Å²) in [5.41, 5.74) is 0.708. The maximum atomic E-state index is 15.5. The van der Waals surface area contributed by atoms with Crippen molar-refractivity contribution < 1.29 is 21.6 Å². The second-order valence-electron chi connectivity index (χ2n) is 10.1. The van der Waals surface area contributed by atoms with E-state index in [0.29, 0.717) is 46.3 Å². The molecule has 2 N–H and O–H groups in total. The van der Waals surface area contributed by atoms with Gasteiger partial charge in [0.25, 0.3) is 6.43 Å². The van der Waals surface area contributed by atoms with Crippen LogP contribution >= 0.6 is 11.3 Å². The van der Waals surface area contributed by atoms with Crippen molar-refractivity contribution in [1.29, 1.82) is 0 Å². The van der Waals surface area contributed by atoms with E-state index in [0.717, 1.165) is 19.4 Å². The lowest BCUT2D eigenvalue weighted by atomic mass is 9.88. The Morgan fingerprint density at radius 1 is 1.24 bits per heavy atom. The van der Waals surface area contributed by atoms with Crippen molar-refractivity contribution in [2.24, 2.45) is 0 Å². The summed E-state index contributed by atoms with van der Waals surface area (Å²) in [6.45, 7) is 4.61. The second kappa shape index (κ2) is 8.68. The van der Waals surface area contributed by atoms with E-state index in [4.69, 9.17) is 0 Å². The molecule has 1 aromatic carbocycles. The first-order valence-corrected chi connectivity index (χ1v) is 14.2. The lowest BCUT2D eigenvalue weighted by Gasteiger charge is -2.27. The molecule has 196 valence electrons. The predicted octanol–water partition coefficient (Wildman–Crippen LogP) is 4.19. The minimum Gasteiger partial charge on any atom is -0.314 e. The molecule has 0 spiro atoms. The molecule has 1 saturated heterocycles. The summed E-state index contributed by atoms with van der Waals surface area (Å²) in [7, 11) is -4.20. The molecule has 1 saturated carbocycles. The third-order valence-corrected chi connectivity index (χ3v) is 9.69. The molecule has 14 heteroatoms. The quantitative estimate of drug-likeness (QED) is 0.369. The molecule has 0 radical (unpaired) electrons. The van der Waals surface area contributed by atoms with E-state index in [1.54, 1.807) is 6.92 Å². The van der Waals surface area contributed by atoms with E-state index < -0.39 is 37.7 Å². The Balaban J connectivity index is 1.63. The van der Waals surface area contributed by atoms with Gasteiger partial charge in [0, 0.05) is 28.3 Å². The van der Waals surface area contributed by atoms with E-state index in [1.807, 2.05) is 0 Å². The van der Waals surface area contributed by atoms with Gasteiger partial charge in [0.05, 0.1) is 11.2 Å². The average Bonchev–Trinajstić information content (AvgIpc) is 3.24. The lowest BCUT2D eigenvalue weighted by Crippen LogP contribution is -2.35. The van der Waals surface area contributed by atoms with Gasteiger partial charge in [-0.3, -0.25) is 4.57 Å². The Labute approximate surface area is 214 Å². The Hall–Kier alpha value is -2.68. The molecule has 2 aliphatic rings. The number of halogens is 3. The molecule has 2 fully saturated rings. The van der Waals surface area contributed by atoms with E-state index in [-0.39, 0.29) is 22.6 Å². The zero-order valence-electron chi connectivity index (χ0n) is 20.0. The Kier molecular flexibility index (Phi) is 5.78. The van der Waals surface area contributed by atoms with Crippen LogP contribution in [0.4, 0.5) is 13.2 Å². The number of nitrogens with one attached hydrogen (secondary N) is 2. The van der Waals surface area contributed by atoms with E-state index in [2.05, 4.69) is 37.1 Å². The highest BCUT2D eigenvalue weighted by Crippen LogP contribution is 2.41.